The van der Waals surface area contributed by atoms with Crippen LogP contribution in [0.15, 0.2) is 63.9 Å². The normalized spacial score (nSPS) is 12.2. The summed E-state index contributed by atoms with van der Waals surface area (Å²) in [6, 6.07) is 13.8. The lowest BCUT2D eigenvalue weighted by Crippen LogP contribution is -2.32. The molecule has 0 spiro atoms. The van der Waals surface area contributed by atoms with Crippen molar-refractivity contribution in [2.24, 2.45) is 4.40 Å². The first-order chi connectivity index (χ1) is 11.0. The van der Waals surface area contributed by atoms with Gasteiger partial charge in [0.2, 0.25) is 0 Å². The Kier molecular flexibility index (Phi) is 5.50. The molecule has 6 heteroatoms. The second-order valence-electron chi connectivity index (χ2n) is 4.88. The van der Waals surface area contributed by atoms with Crippen molar-refractivity contribution in [1.82, 2.24) is 4.90 Å². The zero-order chi connectivity index (χ0) is 16.9. The second kappa shape index (κ2) is 7.37. The van der Waals surface area contributed by atoms with E-state index in [1.54, 1.807) is 0 Å². The minimum Gasteiger partial charge on any atom is -0.356 e. The molecule has 0 aliphatic carbocycles. The third-order valence-electron chi connectivity index (χ3n) is 3.41. The molecule has 0 fully saturated rings. The van der Waals surface area contributed by atoms with Crippen LogP contribution in [0.2, 0.25) is 0 Å². The fourth-order valence-corrected chi connectivity index (χ4v) is 3.21. The van der Waals surface area contributed by atoms with Gasteiger partial charge in [-0.3, -0.25) is 0 Å². The first-order valence-corrected chi connectivity index (χ1v) is 8.83. The van der Waals surface area contributed by atoms with E-state index in [4.69, 9.17) is 0 Å². The molecule has 2 aromatic carbocycles. The fraction of sp³-hybridized carbons (Fsp3) is 0.235. The number of sulfonamides is 1. The van der Waals surface area contributed by atoms with E-state index in [0.717, 1.165) is 17.7 Å². The number of halogens is 1. The van der Waals surface area contributed by atoms with E-state index in [9.17, 15) is 12.8 Å². The SMILES string of the molecule is CCN(CC)C(=NS(=O)(=O)c1ccc(F)cc1)c1ccccc1. The standard InChI is InChI=1S/C17H19FN2O2S/c1-3-20(4-2)17(14-8-6-5-7-9-14)19-23(21,22)16-12-10-15(18)11-13-16/h5-13H,3-4H2,1-2H3. The van der Waals surface area contributed by atoms with Gasteiger partial charge in [-0.15, -0.1) is 4.40 Å². The number of nitrogens with zero attached hydrogens (tertiary/aromatic N) is 2. The average molecular weight is 334 g/mol. The Balaban J connectivity index is 2.53. The summed E-state index contributed by atoms with van der Waals surface area (Å²) in [7, 11) is -3.91. The zero-order valence-electron chi connectivity index (χ0n) is 13.1. The van der Waals surface area contributed by atoms with Gasteiger partial charge in [0.25, 0.3) is 10.0 Å². The van der Waals surface area contributed by atoms with Crippen LogP contribution < -0.4 is 0 Å². The monoisotopic (exact) mass is 334 g/mol. The molecule has 0 aliphatic rings. The summed E-state index contributed by atoms with van der Waals surface area (Å²) < 4.78 is 42.1. The maximum Gasteiger partial charge on any atom is 0.284 e. The van der Waals surface area contributed by atoms with Crippen LogP contribution in [0.5, 0.6) is 0 Å². The number of hydrogen-bond donors (Lipinski definition) is 0. The lowest BCUT2D eigenvalue weighted by atomic mass is 10.2. The van der Waals surface area contributed by atoms with Gasteiger partial charge in [-0.05, 0) is 38.1 Å². The van der Waals surface area contributed by atoms with Gasteiger partial charge in [0, 0.05) is 18.7 Å². The summed E-state index contributed by atoms with van der Waals surface area (Å²) >= 11 is 0. The van der Waals surface area contributed by atoms with Crippen LogP contribution in [-0.4, -0.2) is 32.2 Å². The number of hydrogen-bond acceptors (Lipinski definition) is 2. The Morgan fingerprint density at radius 3 is 2.09 bits per heavy atom. The quantitative estimate of drug-likeness (QED) is 0.623. The highest BCUT2D eigenvalue weighted by molar-refractivity contribution is 7.90. The predicted octanol–water partition coefficient (Wildman–Crippen LogP) is 3.30. The minimum absolute atomic E-state index is 0.0283. The van der Waals surface area contributed by atoms with Crippen molar-refractivity contribution in [3.8, 4) is 0 Å². The maximum atomic E-state index is 13.0. The number of benzene rings is 2. The molecule has 0 saturated carbocycles. The molecule has 0 saturated heterocycles. The van der Waals surface area contributed by atoms with Gasteiger partial charge in [0.1, 0.15) is 11.7 Å². The molecule has 0 unspecified atom stereocenters. The van der Waals surface area contributed by atoms with Gasteiger partial charge in [-0.1, -0.05) is 30.3 Å². The molecule has 2 rings (SSSR count). The van der Waals surface area contributed by atoms with Crippen LogP contribution in [-0.2, 0) is 10.0 Å². The van der Waals surface area contributed by atoms with Gasteiger partial charge in [-0.25, -0.2) is 4.39 Å². The van der Waals surface area contributed by atoms with Crippen LogP contribution in [0.3, 0.4) is 0 Å². The lowest BCUT2D eigenvalue weighted by molar-refractivity contribution is 0.467. The van der Waals surface area contributed by atoms with Crippen LogP contribution >= 0.6 is 0 Å². The van der Waals surface area contributed by atoms with E-state index in [1.807, 2.05) is 49.1 Å². The van der Waals surface area contributed by atoms with E-state index in [2.05, 4.69) is 4.40 Å². The Labute approximate surface area is 136 Å². The van der Waals surface area contributed by atoms with Crippen molar-refractivity contribution in [2.75, 3.05) is 13.1 Å². The smallest absolute Gasteiger partial charge is 0.284 e. The van der Waals surface area contributed by atoms with E-state index in [1.165, 1.54) is 12.1 Å². The Bertz CT molecular complexity index is 768. The molecule has 0 radical (unpaired) electrons. The summed E-state index contributed by atoms with van der Waals surface area (Å²) in [4.78, 5) is 1.84. The summed E-state index contributed by atoms with van der Waals surface area (Å²) in [5, 5.41) is 0. The summed E-state index contributed by atoms with van der Waals surface area (Å²) in [5.74, 6) is -0.0973. The molecule has 23 heavy (non-hydrogen) atoms. The van der Waals surface area contributed by atoms with Crippen LogP contribution in [0, 0.1) is 5.82 Å². The molecule has 122 valence electrons. The van der Waals surface area contributed by atoms with E-state index in [0.29, 0.717) is 18.9 Å². The van der Waals surface area contributed by atoms with Crippen LogP contribution in [0.4, 0.5) is 4.39 Å². The first-order valence-electron chi connectivity index (χ1n) is 7.38. The zero-order valence-corrected chi connectivity index (χ0v) is 13.9. The Morgan fingerprint density at radius 2 is 1.57 bits per heavy atom. The Morgan fingerprint density at radius 1 is 1.00 bits per heavy atom. The third-order valence-corrected chi connectivity index (χ3v) is 4.69. The number of amidine groups is 1. The van der Waals surface area contributed by atoms with Gasteiger partial charge in [0.05, 0.1) is 4.90 Å². The van der Waals surface area contributed by atoms with Gasteiger partial charge < -0.3 is 4.90 Å². The van der Waals surface area contributed by atoms with E-state index < -0.39 is 15.8 Å². The van der Waals surface area contributed by atoms with E-state index >= 15 is 0 Å². The first kappa shape index (κ1) is 17.1. The van der Waals surface area contributed by atoms with Gasteiger partial charge in [0.15, 0.2) is 0 Å². The topological polar surface area (TPSA) is 49.7 Å². The maximum absolute atomic E-state index is 13.0. The van der Waals surface area contributed by atoms with Crippen molar-refractivity contribution >= 4 is 15.9 Å². The van der Waals surface area contributed by atoms with Crippen molar-refractivity contribution in [3.63, 3.8) is 0 Å². The van der Waals surface area contributed by atoms with Crippen molar-refractivity contribution in [1.29, 1.82) is 0 Å². The van der Waals surface area contributed by atoms with Crippen LogP contribution in [0.1, 0.15) is 19.4 Å². The highest BCUT2D eigenvalue weighted by Crippen LogP contribution is 2.16. The highest BCUT2D eigenvalue weighted by atomic mass is 32.2. The molecular weight excluding hydrogens is 315 g/mol. The third kappa shape index (κ3) is 4.16. The molecule has 0 heterocycles. The van der Waals surface area contributed by atoms with Crippen molar-refractivity contribution < 1.29 is 12.8 Å². The molecule has 0 atom stereocenters. The highest BCUT2D eigenvalue weighted by Gasteiger charge is 2.18. The summed E-state index contributed by atoms with van der Waals surface area (Å²) in [6.07, 6.45) is 0. The van der Waals surface area contributed by atoms with Crippen molar-refractivity contribution in [2.45, 2.75) is 18.7 Å². The van der Waals surface area contributed by atoms with Gasteiger partial charge in [-0.2, -0.15) is 8.42 Å². The van der Waals surface area contributed by atoms with Crippen LogP contribution in [0.25, 0.3) is 0 Å². The molecule has 4 nitrogen and oxygen atoms in total. The van der Waals surface area contributed by atoms with E-state index in [-0.39, 0.29) is 4.90 Å². The Hall–Kier alpha value is -2.21. The summed E-state index contributed by atoms with van der Waals surface area (Å²) in [6.45, 7) is 5.13. The fourth-order valence-electron chi connectivity index (χ4n) is 2.18. The molecule has 0 N–H and O–H groups in total. The van der Waals surface area contributed by atoms with Crippen molar-refractivity contribution in [3.05, 3.63) is 66.0 Å². The second-order valence-corrected chi connectivity index (χ2v) is 6.49. The molecule has 0 aliphatic heterocycles. The minimum atomic E-state index is -3.91. The molecule has 0 amide bonds. The van der Waals surface area contributed by atoms with Gasteiger partial charge >= 0.3 is 0 Å². The molecular formula is C17H19FN2O2S. The largest absolute Gasteiger partial charge is 0.356 e. The lowest BCUT2D eigenvalue weighted by Gasteiger charge is -2.23. The molecule has 2 aromatic rings. The average Bonchev–Trinajstić information content (AvgIpc) is 2.56. The summed E-state index contributed by atoms with van der Waals surface area (Å²) in [5.41, 5.74) is 0.724. The number of rotatable bonds is 5. The predicted molar refractivity (Wildman–Crippen MR) is 89.5 cm³/mol. The molecule has 0 aromatic heterocycles. The molecule has 0 bridgehead atoms.